The molecule has 0 bridgehead atoms. The molecule has 0 amide bonds. The van der Waals surface area contributed by atoms with Crippen LogP contribution in [0.25, 0.3) is 0 Å². The highest BCUT2D eigenvalue weighted by Gasteiger charge is 2.47. The van der Waals surface area contributed by atoms with Crippen LogP contribution in [0.15, 0.2) is 18.2 Å². The van der Waals surface area contributed by atoms with E-state index in [4.69, 9.17) is 4.84 Å². The van der Waals surface area contributed by atoms with E-state index >= 15 is 0 Å². The molecule has 2 fully saturated rings. The molecule has 2 aliphatic rings. The molecule has 1 aliphatic carbocycles. The predicted molar refractivity (Wildman–Crippen MR) is 90.2 cm³/mol. The molecule has 2 atom stereocenters. The number of rotatable bonds is 4. The van der Waals surface area contributed by atoms with E-state index in [-0.39, 0.29) is 18.2 Å². The van der Waals surface area contributed by atoms with Gasteiger partial charge in [0.25, 0.3) is 0 Å². The highest BCUT2D eigenvalue weighted by atomic mass is 32.2. The smallest absolute Gasteiger partial charge is 0.221 e. The molecule has 1 heterocycles. The van der Waals surface area contributed by atoms with Gasteiger partial charge >= 0.3 is 0 Å². The standard InChI is InChI=1S/C17H24F2N2O3S/c1-20-17(14-10-12(18)8-9-15(14)19)16(11-24-20)25(22,23)21(2)13-6-4-3-5-7-13/h8-10,13,16-17H,3-7,11H2,1-2H3. The van der Waals surface area contributed by atoms with Crippen LogP contribution in [0, 0.1) is 11.6 Å². The van der Waals surface area contributed by atoms with Gasteiger partial charge in [0, 0.05) is 25.7 Å². The first-order chi connectivity index (χ1) is 11.8. The molecule has 140 valence electrons. The third-order valence-corrected chi connectivity index (χ3v) is 7.60. The SMILES string of the molecule is CN1OCC(S(=O)(=O)N(C)C2CCCCC2)C1c1cc(F)ccc1F. The van der Waals surface area contributed by atoms with Crippen molar-refractivity contribution in [2.75, 3.05) is 20.7 Å². The Balaban J connectivity index is 1.92. The van der Waals surface area contributed by atoms with Gasteiger partial charge in [0.2, 0.25) is 10.0 Å². The van der Waals surface area contributed by atoms with Crippen LogP contribution < -0.4 is 0 Å². The van der Waals surface area contributed by atoms with Crippen molar-refractivity contribution in [1.82, 2.24) is 9.37 Å². The monoisotopic (exact) mass is 374 g/mol. The van der Waals surface area contributed by atoms with Gasteiger partial charge in [-0.3, -0.25) is 4.84 Å². The molecular formula is C17H24F2N2O3S. The summed E-state index contributed by atoms with van der Waals surface area (Å²) < 4.78 is 55.6. The minimum atomic E-state index is -3.72. The summed E-state index contributed by atoms with van der Waals surface area (Å²) in [5.41, 5.74) is 0.00520. The van der Waals surface area contributed by atoms with Crippen molar-refractivity contribution in [1.29, 1.82) is 0 Å². The summed E-state index contributed by atoms with van der Waals surface area (Å²) in [6, 6.07) is 2.17. The third kappa shape index (κ3) is 3.58. The fraction of sp³-hybridized carbons (Fsp3) is 0.647. The minimum absolute atomic E-state index is 0.00520. The van der Waals surface area contributed by atoms with Gasteiger partial charge in [-0.05, 0) is 31.0 Å². The quantitative estimate of drug-likeness (QED) is 0.813. The second kappa shape index (κ2) is 7.26. The zero-order chi connectivity index (χ0) is 18.2. The van der Waals surface area contributed by atoms with Crippen LogP contribution in [0.1, 0.15) is 43.7 Å². The first kappa shape index (κ1) is 18.7. The molecule has 1 aromatic rings. The molecular weight excluding hydrogens is 350 g/mol. The Morgan fingerprint density at radius 3 is 2.56 bits per heavy atom. The van der Waals surface area contributed by atoms with E-state index in [0.29, 0.717) is 0 Å². The molecule has 0 spiro atoms. The Bertz CT molecular complexity index is 723. The molecule has 1 aromatic carbocycles. The normalized spacial score (nSPS) is 26.4. The van der Waals surface area contributed by atoms with Crippen LogP contribution >= 0.6 is 0 Å². The van der Waals surface area contributed by atoms with E-state index in [0.717, 1.165) is 50.3 Å². The molecule has 0 aromatic heterocycles. The lowest BCUT2D eigenvalue weighted by Crippen LogP contribution is -2.46. The van der Waals surface area contributed by atoms with Gasteiger partial charge in [0.05, 0.1) is 12.6 Å². The van der Waals surface area contributed by atoms with Gasteiger partial charge in [0.1, 0.15) is 16.9 Å². The number of hydroxylamine groups is 2. The first-order valence-corrected chi connectivity index (χ1v) is 10.1. The van der Waals surface area contributed by atoms with Crippen molar-refractivity contribution in [2.45, 2.75) is 49.4 Å². The van der Waals surface area contributed by atoms with Crippen molar-refractivity contribution in [3.8, 4) is 0 Å². The zero-order valence-corrected chi connectivity index (χ0v) is 15.3. The van der Waals surface area contributed by atoms with Crippen molar-refractivity contribution in [2.24, 2.45) is 0 Å². The molecule has 1 saturated heterocycles. The highest BCUT2D eigenvalue weighted by Crippen LogP contribution is 2.37. The lowest BCUT2D eigenvalue weighted by molar-refractivity contribution is -0.111. The van der Waals surface area contributed by atoms with E-state index in [1.54, 1.807) is 14.1 Å². The Morgan fingerprint density at radius 2 is 1.88 bits per heavy atom. The van der Waals surface area contributed by atoms with Gasteiger partial charge in [-0.1, -0.05) is 19.3 Å². The molecule has 1 aliphatic heterocycles. The Kier molecular flexibility index (Phi) is 5.43. The fourth-order valence-electron chi connectivity index (χ4n) is 3.85. The summed E-state index contributed by atoms with van der Waals surface area (Å²) in [5.74, 6) is -1.24. The number of sulfonamides is 1. The molecule has 1 saturated carbocycles. The van der Waals surface area contributed by atoms with Crippen LogP contribution in [-0.2, 0) is 14.9 Å². The van der Waals surface area contributed by atoms with Crippen molar-refractivity contribution < 1.29 is 22.0 Å². The van der Waals surface area contributed by atoms with Gasteiger partial charge in [-0.15, -0.1) is 0 Å². The fourth-order valence-corrected chi connectivity index (χ4v) is 5.78. The van der Waals surface area contributed by atoms with E-state index < -0.39 is 32.9 Å². The summed E-state index contributed by atoms with van der Waals surface area (Å²) in [7, 11) is -0.588. The maximum absolute atomic E-state index is 14.3. The van der Waals surface area contributed by atoms with Crippen LogP contribution in [0.3, 0.4) is 0 Å². The van der Waals surface area contributed by atoms with E-state index in [1.807, 2.05) is 0 Å². The average Bonchev–Trinajstić information content (AvgIpc) is 2.99. The summed E-state index contributed by atoms with van der Waals surface area (Å²) >= 11 is 0. The predicted octanol–water partition coefficient (Wildman–Crippen LogP) is 2.85. The summed E-state index contributed by atoms with van der Waals surface area (Å²) in [5, 5.41) is 0.343. The topological polar surface area (TPSA) is 49.9 Å². The van der Waals surface area contributed by atoms with Crippen LogP contribution in [0.2, 0.25) is 0 Å². The minimum Gasteiger partial charge on any atom is -0.297 e. The highest BCUT2D eigenvalue weighted by molar-refractivity contribution is 7.89. The third-order valence-electron chi connectivity index (χ3n) is 5.34. The number of nitrogens with zero attached hydrogens (tertiary/aromatic N) is 2. The maximum Gasteiger partial charge on any atom is 0.221 e. The van der Waals surface area contributed by atoms with E-state index in [1.165, 1.54) is 9.37 Å². The van der Waals surface area contributed by atoms with Gasteiger partial charge < -0.3 is 0 Å². The lowest BCUT2D eigenvalue weighted by atomic mass is 9.96. The Morgan fingerprint density at radius 1 is 1.20 bits per heavy atom. The number of hydrogen-bond donors (Lipinski definition) is 0. The summed E-state index contributed by atoms with van der Waals surface area (Å²) in [4.78, 5) is 5.39. The average molecular weight is 374 g/mol. The van der Waals surface area contributed by atoms with Crippen molar-refractivity contribution in [3.05, 3.63) is 35.4 Å². The summed E-state index contributed by atoms with van der Waals surface area (Å²) in [6.45, 7) is -0.0729. The van der Waals surface area contributed by atoms with Crippen LogP contribution in [-0.4, -0.2) is 49.8 Å². The lowest BCUT2D eigenvalue weighted by Gasteiger charge is -2.33. The second-order valence-electron chi connectivity index (χ2n) is 6.84. The van der Waals surface area contributed by atoms with E-state index in [9.17, 15) is 17.2 Å². The Hall–Kier alpha value is -1.09. The number of hydrogen-bond acceptors (Lipinski definition) is 4. The number of benzene rings is 1. The maximum atomic E-state index is 14.3. The van der Waals surface area contributed by atoms with Gasteiger partial charge in [0.15, 0.2) is 0 Å². The molecule has 5 nitrogen and oxygen atoms in total. The molecule has 2 unspecified atom stereocenters. The second-order valence-corrected chi connectivity index (χ2v) is 9.06. The Labute approximate surface area is 147 Å². The largest absolute Gasteiger partial charge is 0.297 e. The number of halogens is 2. The summed E-state index contributed by atoms with van der Waals surface area (Å²) in [6.07, 6.45) is 4.80. The van der Waals surface area contributed by atoms with Crippen LogP contribution in [0.5, 0.6) is 0 Å². The zero-order valence-electron chi connectivity index (χ0n) is 14.5. The molecule has 3 rings (SSSR count). The molecule has 25 heavy (non-hydrogen) atoms. The first-order valence-electron chi connectivity index (χ1n) is 8.60. The van der Waals surface area contributed by atoms with E-state index in [2.05, 4.69) is 0 Å². The molecule has 8 heteroatoms. The van der Waals surface area contributed by atoms with Crippen molar-refractivity contribution in [3.63, 3.8) is 0 Å². The molecule has 0 N–H and O–H groups in total. The van der Waals surface area contributed by atoms with Crippen LogP contribution in [0.4, 0.5) is 8.78 Å². The molecule has 0 radical (unpaired) electrons. The van der Waals surface area contributed by atoms with Gasteiger partial charge in [-0.2, -0.15) is 5.06 Å². The van der Waals surface area contributed by atoms with Gasteiger partial charge in [-0.25, -0.2) is 21.5 Å². The van der Waals surface area contributed by atoms with Crippen molar-refractivity contribution >= 4 is 10.0 Å².